The number of amides is 2. The van der Waals surface area contributed by atoms with E-state index in [1.54, 1.807) is 23.0 Å². The van der Waals surface area contributed by atoms with E-state index in [0.717, 1.165) is 0 Å². The molecule has 2 N–H and O–H groups in total. The molecule has 146 valence electrons. The number of nitrogens with zero attached hydrogens (tertiary/aromatic N) is 3. The van der Waals surface area contributed by atoms with E-state index in [4.69, 9.17) is 10.00 Å². The SMILES string of the molecule is CC(C)n1nccc1NC(=O)[C@@H](C)OC(=O)c1ccc(NC(=O)CC#N)cc1. The van der Waals surface area contributed by atoms with Crippen molar-refractivity contribution in [3.8, 4) is 6.07 Å². The van der Waals surface area contributed by atoms with Gasteiger partial charge < -0.3 is 15.4 Å². The summed E-state index contributed by atoms with van der Waals surface area (Å²) in [7, 11) is 0. The molecule has 1 aromatic carbocycles. The van der Waals surface area contributed by atoms with Gasteiger partial charge in [0.2, 0.25) is 5.91 Å². The highest BCUT2D eigenvalue weighted by molar-refractivity contribution is 5.97. The summed E-state index contributed by atoms with van der Waals surface area (Å²) in [6.45, 7) is 5.33. The molecule has 1 aromatic heterocycles. The van der Waals surface area contributed by atoms with E-state index >= 15 is 0 Å². The highest BCUT2D eigenvalue weighted by Gasteiger charge is 2.20. The van der Waals surface area contributed by atoms with Crippen LogP contribution >= 0.6 is 0 Å². The van der Waals surface area contributed by atoms with Gasteiger partial charge in [-0.05, 0) is 45.0 Å². The summed E-state index contributed by atoms with van der Waals surface area (Å²) in [4.78, 5) is 35.9. The molecule has 0 aliphatic carbocycles. The van der Waals surface area contributed by atoms with Crippen LogP contribution in [-0.4, -0.2) is 33.7 Å². The Balaban J connectivity index is 1.94. The normalized spacial score (nSPS) is 11.4. The van der Waals surface area contributed by atoms with E-state index in [1.165, 1.54) is 31.2 Å². The number of nitrogens with one attached hydrogen (secondary N) is 2. The van der Waals surface area contributed by atoms with Gasteiger partial charge in [-0.3, -0.25) is 9.59 Å². The molecule has 1 atom stereocenters. The van der Waals surface area contributed by atoms with Crippen molar-refractivity contribution in [2.45, 2.75) is 39.3 Å². The number of nitriles is 1. The number of ether oxygens (including phenoxy) is 1. The fourth-order valence-electron chi connectivity index (χ4n) is 2.30. The van der Waals surface area contributed by atoms with Gasteiger partial charge in [0.25, 0.3) is 5.91 Å². The topological polar surface area (TPSA) is 126 Å². The average Bonchev–Trinajstić information content (AvgIpc) is 3.10. The van der Waals surface area contributed by atoms with E-state index in [2.05, 4.69) is 15.7 Å². The molecule has 0 radical (unpaired) electrons. The summed E-state index contributed by atoms with van der Waals surface area (Å²) in [5, 5.41) is 17.8. The standard InChI is InChI=1S/C19H21N5O4/c1-12(2)24-16(9-11-21-24)23-18(26)13(3)28-19(27)14-4-6-15(7-5-14)22-17(25)8-10-20/h4-7,9,11-13H,8H2,1-3H3,(H,22,25)(H,23,26)/t13-/m1/s1. The van der Waals surface area contributed by atoms with Gasteiger partial charge in [0, 0.05) is 17.8 Å². The first-order valence-electron chi connectivity index (χ1n) is 8.64. The van der Waals surface area contributed by atoms with Crippen LogP contribution in [0.15, 0.2) is 36.5 Å². The number of carbonyl (C=O) groups excluding carboxylic acids is 3. The third-order valence-electron chi connectivity index (χ3n) is 3.71. The van der Waals surface area contributed by atoms with Crippen LogP contribution < -0.4 is 10.6 Å². The Bertz CT molecular complexity index is 896. The Hall–Kier alpha value is -3.67. The van der Waals surface area contributed by atoms with Crippen molar-refractivity contribution in [3.05, 3.63) is 42.1 Å². The van der Waals surface area contributed by atoms with Crippen molar-refractivity contribution >= 4 is 29.3 Å². The van der Waals surface area contributed by atoms with E-state index in [-0.39, 0.29) is 18.0 Å². The van der Waals surface area contributed by atoms with E-state index < -0.39 is 23.9 Å². The average molecular weight is 383 g/mol. The quantitative estimate of drug-likeness (QED) is 0.708. The second-order valence-electron chi connectivity index (χ2n) is 6.25. The van der Waals surface area contributed by atoms with Gasteiger partial charge in [-0.15, -0.1) is 0 Å². The summed E-state index contributed by atoms with van der Waals surface area (Å²) in [6.07, 6.45) is 0.299. The zero-order valence-corrected chi connectivity index (χ0v) is 15.8. The fraction of sp³-hybridized carbons (Fsp3) is 0.316. The van der Waals surface area contributed by atoms with Crippen LogP contribution in [-0.2, 0) is 14.3 Å². The van der Waals surface area contributed by atoms with Crippen LogP contribution in [0.1, 0.15) is 43.6 Å². The monoisotopic (exact) mass is 383 g/mol. The highest BCUT2D eigenvalue weighted by Crippen LogP contribution is 2.15. The molecule has 0 aliphatic heterocycles. The number of rotatable bonds is 7. The number of anilines is 2. The molecule has 0 spiro atoms. The van der Waals surface area contributed by atoms with Gasteiger partial charge >= 0.3 is 5.97 Å². The minimum Gasteiger partial charge on any atom is -0.449 e. The molecular formula is C19H21N5O4. The second-order valence-corrected chi connectivity index (χ2v) is 6.25. The Morgan fingerprint density at radius 2 is 1.82 bits per heavy atom. The molecule has 9 heteroatoms. The van der Waals surface area contributed by atoms with Gasteiger partial charge in [-0.25, -0.2) is 9.48 Å². The first kappa shape index (κ1) is 20.6. The maximum atomic E-state index is 12.3. The molecule has 1 heterocycles. The van der Waals surface area contributed by atoms with Crippen molar-refractivity contribution in [2.24, 2.45) is 0 Å². The Labute approximate surface area is 162 Å². The van der Waals surface area contributed by atoms with Crippen LogP contribution in [0, 0.1) is 11.3 Å². The molecule has 2 aromatic rings. The first-order valence-corrected chi connectivity index (χ1v) is 8.64. The van der Waals surface area contributed by atoms with Gasteiger partial charge in [0.15, 0.2) is 6.10 Å². The van der Waals surface area contributed by atoms with Gasteiger partial charge in [0.05, 0.1) is 17.8 Å². The number of hydrogen-bond acceptors (Lipinski definition) is 6. The summed E-state index contributed by atoms with van der Waals surface area (Å²) in [5.41, 5.74) is 0.676. The fourth-order valence-corrected chi connectivity index (χ4v) is 2.30. The zero-order valence-electron chi connectivity index (χ0n) is 15.8. The highest BCUT2D eigenvalue weighted by atomic mass is 16.5. The Kier molecular flexibility index (Phi) is 6.87. The molecule has 0 saturated heterocycles. The number of aromatic nitrogens is 2. The van der Waals surface area contributed by atoms with Crippen LogP contribution in [0.25, 0.3) is 0 Å². The molecule has 0 fully saturated rings. The summed E-state index contributed by atoms with van der Waals surface area (Å²) >= 11 is 0. The number of esters is 1. The van der Waals surface area contributed by atoms with Crippen LogP contribution in [0.5, 0.6) is 0 Å². The lowest BCUT2D eigenvalue weighted by molar-refractivity contribution is -0.123. The number of hydrogen-bond donors (Lipinski definition) is 2. The molecule has 2 amide bonds. The molecule has 0 bridgehead atoms. The smallest absolute Gasteiger partial charge is 0.338 e. The van der Waals surface area contributed by atoms with E-state index in [0.29, 0.717) is 11.5 Å². The molecular weight excluding hydrogens is 362 g/mol. The Morgan fingerprint density at radius 1 is 1.14 bits per heavy atom. The summed E-state index contributed by atoms with van der Waals surface area (Å²) in [5.74, 6) is -1.07. The van der Waals surface area contributed by atoms with Crippen molar-refractivity contribution in [1.82, 2.24) is 9.78 Å². The maximum Gasteiger partial charge on any atom is 0.338 e. The van der Waals surface area contributed by atoms with Crippen molar-refractivity contribution in [2.75, 3.05) is 10.6 Å². The maximum absolute atomic E-state index is 12.3. The minimum absolute atomic E-state index is 0.0651. The summed E-state index contributed by atoms with van der Waals surface area (Å²) < 4.78 is 6.84. The van der Waals surface area contributed by atoms with Crippen molar-refractivity contribution in [1.29, 1.82) is 5.26 Å². The van der Waals surface area contributed by atoms with Gasteiger partial charge in [-0.2, -0.15) is 10.4 Å². The lowest BCUT2D eigenvalue weighted by atomic mass is 10.2. The molecule has 28 heavy (non-hydrogen) atoms. The Morgan fingerprint density at radius 3 is 2.43 bits per heavy atom. The van der Waals surface area contributed by atoms with E-state index in [9.17, 15) is 14.4 Å². The predicted octanol–water partition coefficient (Wildman–Crippen LogP) is 2.50. The summed E-state index contributed by atoms with van der Waals surface area (Å²) in [6, 6.07) is 9.41. The van der Waals surface area contributed by atoms with Crippen molar-refractivity contribution in [3.63, 3.8) is 0 Å². The number of carbonyl (C=O) groups is 3. The third kappa shape index (κ3) is 5.41. The number of benzene rings is 1. The molecule has 0 saturated carbocycles. The van der Waals surface area contributed by atoms with Gasteiger partial charge in [-0.1, -0.05) is 0 Å². The lowest BCUT2D eigenvalue weighted by Gasteiger charge is -2.16. The van der Waals surface area contributed by atoms with Crippen molar-refractivity contribution < 1.29 is 19.1 Å². The first-order chi connectivity index (χ1) is 13.3. The van der Waals surface area contributed by atoms with Crippen LogP contribution in [0.3, 0.4) is 0 Å². The molecule has 2 rings (SSSR count). The zero-order chi connectivity index (χ0) is 20.7. The minimum atomic E-state index is -1.02. The third-order valence-corrected chi connectivity index (χ3v) is 3.71. The van der Waals surface area contributed by atoms with Gasteiger partial charge in [0.1, 0.15) is 12.2 Å². The van der Waals surface area contributed by atoms with E-state index in [1.807, 2.05) is 13.8 Å². The molecule has 9 nitrogen and oxygen atoms in total. The largest absolute Gasteiger partial charge is 0.449 e. The second kappa shape index (κ2) is 9.32. The molecule has 0 unspecified atom stereocenters. The van der Waals surface area contributed by atoms with Crippen LogP contribution in [0.2, 0.25) is 0 Å². The predicted molar refractivity (Wildman–Crippen MR) is 101 cm³/mol. The molecule has 0 aliphatic rings. The van der Waals surface area contributed by atoms with Crippen LogP contribution in [0.4, 0.5) is 11.5 Å². The lowest BCUT2D eigenvalue weighted by Crippen LogP contribution is -2.31.